The molecule has 0 heterocycles. The van der Waals surface area contributed by atoms with E-state index >= 15 is 0 Å². The molecule has 0 atom stereocenters. The van der Waals surface area contributed by atoms with Crippen molar-refractivity contribution in [2.45, 2.75) is 6.18 Å². The van der Waals surface area contributed by atoms with Gasteiger partial charge in [-0.25, -0.2) is 4.39 Å². The lowest BCUT2D eigenvalue weighted by Gasteiger charge is -2.14. The maximum Gasteiger partial charge on any atom is 0.417 e. The molecule has 77 valence electrons. The van der Waals surface area contributed by atoms with Crippen LogP contribution >= 0.6 is 0 Å². The summed E-state index contributed by atoms with van der Waals surface area (Å²) in [6, 6.07) is 3.50. The van der Waals surface area contributed by atoms with E-state index in [1.807, 2.05) is 0 Å². The highest BCUT2D eigenvalue weighted by molar-refractivity contribution is 5.46. The van der Waals surface area contributed by atoms with Crippen molar-refractivity contribution in [3.63, 3.8) is 0 Å². The van der Waals surface area contributed by atoms with Crippen molar-refractivity contribution in [3.8, 4) is 0 Å². The number of rotatable bonds is 1. The largest absolute Gasteiger partial charge is 0.417 e. The van der Waals surface area contributed by atoms with Crippen molar-refractivity contribution in [1.82, 2.24) is 0 Å². The molecule has 0 aliphatic rings. The molecule has 1 rings (SSSR count). The van der Waals surface area contributed by atoms with Crippen molar-refractivity contribution in [3.05, 3.63) is 29.6 Å². The Bertz CT molecular complexity index is 330. The van der Waals surface area contributed by atoms with E-state index in [4.69, 9.17) is 0 Å². The second-order valence-corrected chi connectivity index (χ2v) is 2.99. The Morgan fingerprint density at radius 3 is 2.21 bits per heavy atom. The van der Waals surface area contributed by atoms with Crippen LogP contribution in [0, 0.1) is 11.9 Å². The predicted molar refractivity (Wildman–Crippen MR) is 44.6 cm³/mol. The third kappa shape index (κ3) is 2.37. The van der Waals surface area contributed by atoms with Crippen LogP contribution in [0.25, 0.3) is 0 Å². The minimum Gasteiger partial charge on any atom is -0.377 e. The first-order chi connectivity index (χ1) is 6.30. The molecule has 0 unspecified atom stereocenters. The molecule has 5 heteroatoms. The minimum atomic E-state index is -4.56. The molecule has 0 spiro atoms. The lowest BCUT2D eigenvalue weighted by atomic mass is 10.2. The highest BCUT2D eigenvalue weighted by Gasteiger charge is 2.31. The molecule has 0 aliphatic carbocycles. The molecule has 14 heavy (non-hydrogen) atoms. The smallest absolute Gasteiger partial charge is 0.377 e. The fourth-order valence-corrected chi connectivity index (χ4v) is 0.914. The fraction of sp³-hybridized carbons (Fsp3) is 0.333. The molecule has 1 radical (unpaired) electrons. The van der Waals surface area contributed by atoms with Gasteiger partial charge in [-0.15, -0.1) is 0 Å². The van der Waals surface area contributed by atoms with E-state index in [-0.39, 0.29) is 5.69 Å². The number of nitrogens with zero attached hydrogens (tertiary/aromatic N) is 1. The normalized spacial score (nSPS) is 11.6. The number of anilines is 1. The highest BCUT2D eigenvalue weighted by Crippen LogP contribution is 2.31. The lowest BCUT2D eigenvalue weighted by molar-refractivity contribution is -0.138. The van der Waals surface area contributed by atoms with Crippen molar-refractivity contribution in [2.24, 2.45) is 0 Å². The van der Waals surface area contributed by atoms with Gasteiger partial charge in [-0.1, -0.05) is 0 Å². The molecule has 1 aromatic carbocycles. The Hall–Kier alpha value is -1.26. The topological polar surface area (TPSA) is 3.24 Å². The molecular formula is C9H8F4N. The summed E-state index contributed by atoms with van der Waals surface area (Å²) in [5.74, 6) is -0.917. The zero-order valence-electron chi connectivity index (χ0n) is 7.61. The van der Waals surface area contributed by atoms with E-state index in [2.05, 4.69) is 6.07 Å². The van der Waals surface area contributed by atoms with Gasteiger partial charge in [0, 0.05) is 25.8 Å². The highest BCUT2D eigenvalue weighted by atomic mass is 19.4. The molecule has 0 saturated carbocycles. The van der Waals surface area contributed by atoms with E-state index < -0.39 is 17.6 Å². The molecule has 0 bridgehead atoms. The number of benzene rings is 1. The Morgan fingerprint density at radius 1 is 1.21 bits per heavy atom. The number of hydrogen-bond donors (Lipinski definition) is 0. The van der Waals surface area contributed by atoms with Gasteiger partial charge in [0.2, 0.25) is 0 Å². The Labute approximate surface area is 78.9 Å². The van der Waals surface area contributed by atoms with Gasteiger partial charge in [-0.3, -0.25) is 0 Å². The standard InChI is InChI=1S/C9H8F4N/c1-14(2)8-4-6(9(11,12)13)3-7(10)5-8/h3,5H,1-2H3. The first-order valence-electron chi connectivity index (χ1n) is 3.78. The van der Waals surface area contributed by atoms with E-state index in [0.717, 1.165) is 6.07 Å². The van der Waals surface area contributed by atoms with Gasteiger partial charge < -0.3 is 4.90 Å². The average Bonchev–Trinajstić information content (AvgIpc) is 2.01. The summed E-state index contributed by atoms with van der Waals surface area (Å²) in [7, 11) is 3.04. The summed E-state index contributed by atoms with van der Waals surface area (Å²) in [5.41, 5.74) is -1.03. The summed E-state index contributed by atoms with van der Waals surface area (Å²) in [6.45, 7) is 0. The zero-order valence-corrected chi connectivity index (χ0v) is 7.61. The van der Waals surface area contributed by atoms with Gasteiger partial charge in [0.1, 0.15) is 5.82 Å². The molecule has 0 amide bonds. The predicted octanol–water partition coefficient (Wildman–Crippen LogP) is 2.71. The van der Waals surface area contributed by atoms with E-state index in [1.165, 1.54) is 19.0 Å². The lowest BCUT2D eigenvalue weighted by Crippen LogP contribution is -2.12. The van der Waals surface area contributed by atoms with Crippen LogP contribution < -0.4 is 4.90 Å². The number of halogens is 4. The van der Waals surface area contributed by atoms with Crippen LogP contribution in [0.5, 0.6) is 0 Å². The fourth-order valence-electron chi connectivity index (χ4n) is 0.914. The number of hydrogen-bond acceptors (Lipinski definition) is 1. The van der Waals surface area contributed by atoms with Crippen LogP contribution in [0.15, 0.2) is 12.1 Å². The van der Waals surface area contributed by atoms with Crippen molar-refractivity contribution < 1.29 is 17.6 Å². The van der Waals surface area contributed by atoms with Crippen molar-refractivity contribution in [1.29, 1.82) is 0 Å². The van der Waals surface area contributed by atoms with Crippen LogP contribution in [0.3, 0.4) is 0 Å². The van der Waals surface area contributed by atoms with Crippen LogP contribution in [0.4, 0.5) is 23.2 Å². The second kappa shape index (κ2) is 3.48. The monoisotopic (exact) mass is 206 g/mol. The number of alkyl halides is 3. The molecule has 0 aromatic heterocycles. The summed E-state index contributed by atoms with van der Waals surface area (Å²) in [6.07, 6.45) is -4.56. The molecular weight excluding hydrogens is 198 g/mol. The Kier molecular flexibility index (Phi) is 2.69. The van der Waals surface area contributed by atoms with Gasteiger partial charge in [0.25, 0.3) is 0 Å². The first kappa shape index (κ1) is 10.8. The second-order valence-electron chi connectivity index (χ2n) is 2.99. The van der Waals surface area contributed by atoms with Crippen LogP contribution in [0.1, 0.15) is 5.56 Å². The molecule has 0 saturated heterocycles. The van der Waals surface area contributed by atoms with Gasteiger partial charge in [0.05, 0.1) is 5.56 Å². The SMILES string of the molecule is CN(C)c1[c]c(C(F)(F)F)cc(F)c1. The van der Waals surface area contributed by atoms with Gasteiger partial charge in [-0.05, 0) is 12.1 Å². The summed E-state index contributed by atoms with van der Waals surface area (Å²) in [5, 5.41) is 0. The van der Waals surface area contributed by atoms with Crippen LogP contribution in [0.2, 0.25) is 0 Å². The van der Waals surface area contributed by atoms with Crippen molar-refractivity contribution >= 4 is 5.69 Å². The van der Waals surface area contributed by atoms with Gasteiger partial charge in [-0.2, -0.15) is 13.2 Å². The maximum atomic E-state index is 12.8. The average molecular weight is 206 g/mol. The van der Waals surface area contributed by atoms with E-state index in [0.29, 0.717) is 6.07 Å². The van der Waals surface area contributed by atoms with Gasteiger partial charge in [0.15, 0.2) is 0 Å². The summed E-state index contributed by atoms with van der Waals surface area (Å²) in [4.78, 5) is 1.36. The molecule has 1 aromatic rings. The molecule has 1 nitrogen and oxygen atoms in total. The third-order valence-corrected chi connectivity index (χ3v) is 1.61. The van der Waals surface area contributed by atoms with Crippen molar-refractivity contribution in [2.75, 3.05) is 19.0 Å². The maximum absolute atomic E-state index is 12.8. The molecule has 0 N–H and O–H groups in total. The summed E-state index contributed by atoms with van der Waals surface area (Å²) >= 11 is 0. The van der Waals surface area contributed by atoms with E-state index in [9.17, 15) is 17.6 Å². The van der Waals surface area contributed by atoms with Crippen LogP contribution in [-0.2, 0) is 6.18 Å². The Morgan fingerprint density at radius 2 is 1.79 bits per heavy atom. The van der Waals surface area contributed by atoms with Gasteiger partial charge >= 0.3 is 6.18 Å². The zero-order chi connectivity index (χ0) is 10.9. The molecule has 0 fully saturated rings. The third-order valence-electron chi connectivity index (χ3n) is 1.61. The molecule has 0 aliphatic heterocycles. The quantitative estimate of drug-likeness (QED) is 0.638. The minimum absolute atomic E-state index is 0.0670. The summed E-state index contributed by atoms with van der Waals surface area (Å²) < 4.78 is 49.4. The van der Waals surface area contributed by atoms with Crippen LogP contribution in [-0.4, -0.2) is 14.1 Å². The first-order valence-corrected chi connectivity index (χ1v) is 3.78. The van der Waals surface area contributed by atoms with E-state index in [1.54, 1.807) is 0 Å². The Balaban J connectivity index is 3.21.